The van der Waals surface area contributed by atoms with E-state index in [1.807, 2.05) is 29.9 Å². The first-order valence-electron chi connectivity index (χ1n) is 9.52. The summed E-state index contributed by atoms with van der Waals surface area (Å²) in [6, 6.07) is 12.0. The van der Waals surface area contributed by atoms with Crippen LogP contribution < -0.4 is 0 Å². The van der Waals surface area contributed by atoms with Gasteiger partial charge in [0.1, 0.15) is 5.82 Å². The minimum Gasteiger partial charge on any atom is -0.395 e. The number of aryl methyl sites for hydroxylation is 1. The Morgan fingerprint density at radius 1 is 1.13 bits per heavy atom. The number of halogens is 1. The van der Waals surface area contributed by atoms with Crippen molar-refractivity contribution in [2.45, 2.75) is 0 Å². The van der Waals surface area contributed by atoms with E-state index in [9.17, 15) is 9.18 Å². The normalized spacial score (nSPS) is 11.1. The number of amides is 1. The van der Waals surface area contributed by atoms with Gasteiger partial charge in [0, 0.05) is 72.4 Å². The lowest BCUT2D eigenvalue weighted by Crippen LogP contribution is -2.29. The first-order valence-corrected chi connectivity index (χ1v) is 9.52. The molecule has 0 saturated carbocycles. The van der Waals surface area contributed by atoms with Crippen molar-refractivity contribution in [3.63, 3.8) is 0 Å². The number of carbonyl (C=O) groups excluding carboxylic acids is 1. The molecule has 0 saturated heterocycles. The van der Waals surface area contributed by atoms with Crippen LogP contribution in [0.4, 0.5) is 4.39 Å². The second-order valence-corrected chi connectivity index (χ2v) is 7.11. The molecule has 0 aliphatic carbocycles. The van der Waals surface area contributed by atoms with E-state index in [4.69, 9.17) is 5.11 Å². The van der Waals surface area contributed by atoms with Crippen molar-refractivity contribution in [3.8, 4) is 22.5 Å². The van der Waals surface area contributed by atoms with E-state index >= 15 is 0 Å². The fourth-order valence-corrected chi connectivity index (χ4v) is 3.48. The fraction of sp³-hybridized carbons (Fsp3) is 0.174. The third kappa shape index (κ3) is 3.55. The van der Waals surface area contributed by atoms with Crippen molar-refractivity contribution in [2.24, 2.45) is 7.05 Å². The first-order chi connectivity index (χ1) is 14.5. The molecule has 0 aliphatic rings. The molecule has 0 bridgehead atoms. The van der Waals surface area contributed by atoms with Gasteiger partial charge in [-0.1, -0.05) is 18.2 Å². The Labute approximate surface area is 173 Å². The number of hydrogen-bond donors (Lipinski definition) is 1. The summed E-state index contributed by atoms with van der Waals surface area (Å²) in [7, 11) is 3.57. The maximum absolute atomic E-state index is 14.0. The summed E-state index contributed by atoms with van der Waals surface area (Å²) in [6.07, 6.45) is 5.11. The Kier molecular flexibility index (Phi) is 5.29. The molecule has 7 heteroatoms. The van der Waals surface area contributed by atoms with Crippen LogP contribution >= 0.6 is 0 Å². The second kappa shape index (κ2) is 8.04. The minimum absolute atomic E-state index is 0.0940. The number of carbonyl (C=O) groups is 1. The highest BCUT2D eigenvalue weighted by atomic mass is 19.1. The van der Waals surface area contributed by atoms with Gasteiger partial charge < -0.3 is 14.6 Å². The maximum atomic E-state index is 14.0. The predicted octanol–water partition coefficient (Wildman–Crippen LogP) is 3.51. The van der Waals surface area contributed by atoms with E-state index < -0.39 is 0 Å². The Morgan fingerprint density at radius 3 is 2.57 bits per heavy atom. The molecule has 2 aromatic heterocycles. The average Bonchev–Trinajstić information content (AvgIpc) is 3.10. The molecule has 0 fully saturated rings. The molecule has 6 nitrogen and oxygen atoms in total. The summed E-state index contributed by atoms with van der Waals surface area (Å²) < 4.78 is 16.0. The summed E-state index contributed by atoms with van der Waals surface area (Å²) in [5.74, 6) is -0.000243. The Bertz CT molecular complexity index is 1220. The summed E-state index contributed by atoms with van der Waals surface area (Å²) in [5.41, 5.74) is 3.29. The number of benzene rings is 2. The van der Waals surface area contributed by atoms with Gasteiger partial charge in [-0.2, -0.15) is 0 Å². The Balaban J connectivity index is 1.74. The van der Waals surface area contributed by atoms with Gasteiger partial charge in [-0.05, 0) is 24.3 Å². The molecule has 4 aromatic rings. The number of hydrogen-bond acceptors (Lipinski definition) is 4. The van der Waals surface area contributed by atoms with Gasteiger partial charge in [0.15, 0.2) is 5.82 Å². The van der Waals surface area contributed by atoms with Gasteiger partial charge in [-0.25, -0.2) is 14.4 Å². The van der Waals surface area contributed by atoms with Gasteiger partial charge in [0.05, 0.1) is 6.61 Å². The first kappa shape index (κ1) is 19.7. The summed E-state index contributed by atoms with van der Waals surface area (Å²) in [5, 5.41) is 9.93. The van der Waals surface area contributed by atoms with Crippen LogP contribution in [0.5, 0.6) is 0 Å². The number of rotatable bonds is 5. The molecule has 0 unspecified atom stereocenters. The lowest BCUT2D eigenvalue weighted by molar-refractivity contribution is 0.0767. The third-order valence-corrected chi connectivity index (χ3v) is 5.10. The zero-order chi connectivity index (χ0) is 21.3. The molecule has 1 amide bonds. The molecule has 152 valence electrons. The van der Waals surface area contributed by atoms with Crippen molar-refractivity contribution in [3.05, 3.63) is 72.4 Å². The van der Waals surface area contributed by atoms with Crippen molar-refractivity contribution in [2.75, 3.05) is 20.2 Å². The summed E-state index contributed by atoms with van der Waals surface area (Å²) >= 11 is 0. The van der Waals surface area contributed by atoms with Crippen molar-refractivity contribution >= 4 is 16.8 Å². The third-order valence-electron chi connectivity index (χ3n) is 5.10. The molecular formula is C23H21FN4O2. The van der Waals surface area contributed by atoms with Gasteiger partial charge in [0.25, 0.3) is 5.91 Å². The lowest BCUT2D eigenvalue weighted by Gasteiger charge is -2.15. The average molecular weight is 404 g/mol. The minimum atomic E-state index is -0.325. The van der Waals surface area contributed by atoms with Crippen LogP contribution in [-0.2, 0) is 7.05 Å². The molecular weight excluding hydrogens is 383 g/mol. The molecule has 0 spiro atoms. The van der Waals surface area contributed by atoms with Crippen LogP contribution in [0.1, 0.15) is 10.4 Å². The number of likely N-dealkylation sites (N-methyl/N-ethyl adjacent to an activating group) is 1. The number of aliphatic hydroxyl groups is 1. The van der Waals surface area contributed by atoms with Gasteiger partial charge in [-0.15, -0.1) is 0 Å². The highest BCUT2D eigenvalue weighted by molar-refractivity contribution is 6.02. The smallest absolute Gasteiger partial charge is 0.253 e. The zero-order valence-corrected chi connectivity index (χ0v) is 16.7. The van der Waals surface area contributed by atoms with Crippen LogP contribution in [0.2, 0.25) is 0 Å². The number of aromatic nitrogens is 3. The summed E-state index contributed by atoms with van der Waals surface area (Å²) in [4.78, 5) is 23.0. The van der Waals surface area contributed by atoms with Gasteiger partial charge in [-0.3, -0.25) is 4.79 Å². The molecule has 0 radical (unpaired) electrons. The van der Waals surface area contributed by atoms with Crippen LogP contribution in [0.3, 0.4) is 0 Å². The second-order valence-electron chi connectivity index (χ2n) is 7.11. The number of aliphatic hydroxyl groups excluding tert-OH is 1. The van der Waals surface area contributed by atoms with E-state index in [-0.39, 0.29) is 24.9 Å². The molecule has 1 N–H and O–H groups in total. The quantitative estimate of drug-likeness (QED) is 0.553. The molecule has 0 aliphatic heterocycles. The van der Waals surface area contributed by atoms with Crippen LogP contribution in [-0.4, -0.2) is 50.6 Å². The standard InChI is InChI=1S/C23H21FN4O2/c1-27(9-10-29)23(30)15-7-8-21-18(11-15)19(14-28(21)2)22-25-12-16(13-26-22)17-5-3-4-6-20(17)24/h3-8,11-14,29H,9-10H2,1-2H3. The SMILES string of the molecule is CN(CCO)C(=O)c1ccc2c(c1)c(-c1ncc(-c3ccccc3F)cn1)cn2C. The fourth-order valence-electron chi connectivity index (χ4n) is 3.48. The molecule has 2 heterocycles. The Hall–Kier alpha value is -3.58. The van der Waals surface area contributed by atoms with Gasteiger partial charge >= 0.3 is 0 Å². The van der Waals surface area contributed by atoms with E-state index in [2.05, 4.69) is 9.97 Å². The molecule has 30 heavy (non-hydrogen) atoms. The van der Waals surface area contributed by atoms with Crippen molar-refractivity contribution in [1.82, 2.24) is 19.4 Å². The molecule has 0 atom stereocenters. The lowest BCUT2D eigenvalue weighted by atomic mass is 10.1. The number of fused-ring (bicyclic) bond motifs is 1. The topological polar surface area (TPSA) is 71.2 Å². The maximum Gasteiger partial charge on any atom is 0.253 e. The van der Waals surface area contributed by atoms with Gasteiger partial charge in [0.2, 0.25) is 0 Å². The Morgan fingerprint density at radius 2 is 1.87 bits per heavy atom. The van der Waals surface area contributed by atoms with Crippen LogP contribution in [0.15, 0.2) is 61.1 Å². The summed E-state index contributed by atoms with van der Waals surface area (Å²) in [6.45, 7) is 0.169. The van der Waals surface area contributed by atoms with E-state index in [1.165, 1.54) is 11.0 Å². The van der Waals surface area contributed by atoms with Crippen molar-refractivity contribution < 1.29 is 14.3 Å². The zero-order valence-electron chi connectivity index (χ0n) is 16.7. The highest BCUT2D eigenvalue weighted by Crippen LogP contribution is 2.30. The van der Waals surface area contributed by atoms with Crippen LogP contribution in [0, 0.1) is 5.82 Å². The van der Waals surface area contributed by atoms with E-state index in [0.29, 0.717) is 22.5 Å². The van der Waals surface area contributed by atoms with Crippen LogP contribution in [0.25, 0.3) is 33.4 Å². The highest BCUT2D eigenvalue weighted by Gasteiger charge is 2.16. The monoisotopic (exact) mass is 404 g/mol. The molecule has 2 aromatic carbocycles. The van der Waals surface area contributed by atoms with E-state index in [0.717, 1.165) is 16.5 Å². The van der Waals surface area contributed by atoms with E-state index in [1.54, 1.807) is 43.7 Å². The van der Waals surface area contributed by atoms with Crippen molar-refractivity contribution in [1.29, 1.82) is 0 Å². The number of nitrogens with zero attached hydrogens (tertiary/aromatic N) is 4. The largest absolute Gasteiger partial charge is 0.395 e. The predicted molar refractivity (Wildman–Crippen MR) is 113 cm³/mol. The molecule has 4 rings (SSSR count).